The fourth-order valence-electron chi connectivity index (χ4n) is 10.2. The number of ether oxygens (including phenoxy) is 1. The van der Waals surface area contributed by atoms with Crippen molar-refractivity contribution in [2.24, 2.45) is 11.3 Å². The van der Waals surface area contributed by atoms with Gasteiger partial charge in [0.15, 0.2) is 5.82 Å². The number of sulfonamides is 1. The Balaban J connectivity index is 0.797. The van der Waals surface area contributed by atoms with Crippen molar-refractivity contribution < 1.29 is 32.6 Å². The van der Waals surface area contributed by atoms with E-state index in [-0.39, 0.29) is 36.4 Å². The maximum absolute atomic E-state index is 14.3. The van der Waals surface area contributed by atoms with Gasteiger partial charge < -0.3 is 35.6 Å². The smallest absolute Gasteiger partial charge is 0.261 e. The lowest BCUT2D eigenvalue weighted by atomic mass is 9.85. The van der Waals surface area contributed by atoms with Crippen molar-refractivity contribution in [2.75, 3.05) is 111 Å². The summed E-state index contributed by atoms with van der Waals surface area (Å²) in [6, 6.07) is 17.0. The molecule has 5 heterocycles. The molecule has 0 aliphatic carbocycles. The molecule has 23 heteroatoms. The van der Waals surface area contributed by atoms with Gasteiger partial charge in [0.05, 0.1) is 71.0 Å². The molecule has 2 aromatic heterocycles. The number of aromatic nitrogens is 3. The molecule has 3 aromatic carbocycles. The van der Waals surface area contributed by atoms with E-state index in [2.05, 4.69) is 58.0 Å². The number of carbonyl (C=O) groups is 3. The number of halogens is 1. The Labute approximate surface area is 461 Å². The van der Waals surface area contributed by atoms with Crippen molar-refractivity contribution in [2.45, 2.75) is 72.1 Å². The standard InChI is InChI=1S/C54H72ClN13O7S2/c1-34-26-42(59-53-56-29-40(55)50(61-53)58-41-12-10-11-13-43(41)64(7)77(9,73)74)46(75-8)28-44(34)67-24-22-66(23-25-67)30-36-18-20-65(21-19-36)32-47(70)60-49(54(3,4)5)52(72)68-31-39(69)27-45(68)51(71)62-63(6)38-16-14-37(15-17-38)48-35(2)57-33-76-48/h10-17,26,28-29,33,36,39,45,49,69H,18-25,27,30-32H2,1-9H3,(H,60,70)(H,62,71)(H2,56,58,59,61)/t39-,45+,49-/m1/s1. The summed E-state index contributed by atoms with van der Waals surface area (Å²) in [7, 11) is 1.31. The van der Waals surface area contributed by atoms with E-state index in [1.165, 1.54) is 22.4 Å². The Bertz CT molecular complexity index is 3020. The molecule has 5 aromatic rings. The molecule has 3 atom stereocenters. The first-order valence-corrected chi connectivity index (χ1v) is 29.0. The number of likely N-dealkylation sites (tertiary alicyclic amines) is 2. The molecule has 3 aliphatic heterocycles. The number of carbonyl (C=O) groups excluding carboxylic acids is 3. The molecule has 8 rings (SSSR count). The number of rotatable bonds is 18. The number of aliphatic hydroxyl groups excluding tert-OH is 1. The molecular weight excluding hydrogens is 1040 g/mol. The second kappa shape index (κ2) is 24.2. The summed E-state index contributed by atoms with van der Waals surface area (Å²) in [5.74, 6) is 0.606. The van der Waals surface area contributed by atoms with E-state index < -0.39 is 45.4 Å². The average Bonchev–Trinajstić information content (AvgIpc) is 4.02. The number of piperidine rings is 1. The Kier molecular flexibility index (Phi) is 17.8. The van der Waals surface area contributed by atoms with E-state index >= 15 is 0 Å². The largest absolute Gasteiger partial charge is 0.494 e. The highest BCUT2D eigenvalue weighted by molar-refractivity contribution is 7.92. The van der Waals surface area contributed by atoms with Crippen LogP contribution in [0.5, 0.6) is 5.75 Å². The SMILES string of the molecule is COc1cc(N2CCN(CC3CCN(CC(=O)N[C@H](C(=O)N4C[C@H](O)C[C@H]4C(=O)NN(C)c4ccc(-c5scnc5C)cc4)C(C)(C)C)CC3)CC2)c(C)cc1Nc1ncc(Cl)c(Nc2ccccc2N(C)S(C)(=O)=O)n1. The highest BCUT2D eigenvalue weighted by Crippen LogP contribution is 2.37. The number of piperazine rings is 1. The summed E-state index contributed by atoms with van der Waals surface area (Å²) >= 11 is 8.09. The van der Waals surface area contributed by atoms with Gasteiger partial charge in [0.25, 0.3) is 5.91 Å². The lowest BCUT2D eigenvalue weighted by Crippen LogP contribution is -2.59. The summed E-state index contributed by atoms with van der Waals surface area (Å²) in [5.41, 5.74) is 10.5. The van der Waals surface area contributed by atoms with Crippen LogP contribution in [-0.4, -0.2) is 165 Å². The molecule has 0 saturated carbocycles. The minimum Gasteiger partial charge on any atom is -0.494 e. The van der Waals surface area contributed by atoms with Crippen LogP contribution >= 0.6 is 22.9 Å². The number of hydrazine groups is 1. The quantitative estimate of drug-likeness (QED) is 0.0612. The molecule has 0 spiro atoms. The fourth-order valence-corrected chi connectivity index (χ4v) is 11.7. The maximum atomic E-state index is 14.3. The van der Waals surface area contributed by atoms with Gasteiger partial charge in [-0.1, -0.05) is 56.6 Å². The summed E-state index contributed by atoms with van der Waals surface area (Å²) < 4.78 is 31.7. The van der Waals surface area contributed by atoms with Gasteiger partial charge in [0, 0.05) is 71.5 Å². The molecule has 414 valence electrons. The van der Waals surface area contributed by atoms with Crippen LogP contribution in [0.4, 0.5) is 40.2 Å². The van der Waals surface area contributed by atoms with Crippen molar-refractivity contribution >= 4 is 90.9 Å². The van der Waals surface area contributed by atoms with Crippen LogP contribution in [0.1, 0.15) is 51.3 Å². The summed E-state index contributed by atoms with van der Waals surface area (Å²) in [6.07, 6.45) is 3.73. The fraction of sp³-hybridized carbons (Fsp3) is 0.481. The van der Waals surface area contributed by atoms with E-state index in [0.717, 1.165) is 98.0 Å². The molecule has 0 bridgehead atoms. The van der Waals surface area contributed by atoms with E-state index in [1.54, 1.807) is 54.8 Å². The van der Waals surface area contributed by atoms with Crippen molar-refractivity contribution in [1.82, 2.24) is 40.4 Å². The average molecular weight is 1110 g/mol. The Hall–Kier alpha value is -6.30. The molecule has 3 fully saturated rings. The third kappa shape index (κ3) is 13.9. The first-order chi connectivity index (χ1) is 36.6. The number of aryl methyl sites for hydroxylation is 2. The van der Waals surface area contributed by atoms with E-state index in [0.29, 0.717) is 34.5 Å². The van der Waals surface area contributed by atoms with Gasteiger partial charge in [-0.2, -0.15) is 4.98 Å². The molecule has 3 amide bonds. The van der Waals surface area contributed by atoms with Gasteiger partial charge in [-0.05, 0) is 92.6 Å². The molecule has 5 N–H and O–H groups in total. The minimum atomic E-state index is -3.53. The number of para-hydroxylation sites is 2. The predicted octanol–water partition coefficient (Wildman–Crippen LogP) is 6.26. The number of amides is 3. The normalized spacial score (nSPS) is 18.2. The highest BCUT2D eigenvalue weighted by Gasteiger charge is 2.45. The zero-order chi connectivity index (χ0) is 55.3. The number of benzene rings is 3. The number of methoxy groups -OCH3 is 1. The van der Waals surface area contributed by atoms with Crippen LogP contribution < -0.4 is 40.3 Å². The molecule has 77 heavy (non-hydrogen) atoms. The first kappa shape index (κ1) is 56.9. The number of nitrogens with one attached hydrogen (secondary N) is 4. The van der Waals surface area contributed by atoms with Gasteiger partial charge in [0.2, 0.25) is 27.8 Å². The van der Waals surface area contributed by atoms with Crippen molar-refractivity contribution in [1.29, 1.82) is 0 Å². The predicted molar refractivity (Wildman–Crippen MR) is 305 cm³/mol. The third-order valence-corrected chi connectivity index (χ3v) is 17.1. The molecule has 0 radical (unpaired) electrons. The second-order valence-corrected chi connectivity index (χ2v) is 24.6. The van der Waals surface area contributed by atoms with Gasteiger partial charge in [-0.15, -0.1) is 11.3 Å². The Morgan fingerprint density at radius 1 is 0.935 bits per heavy atom. The Morgan fingerprint density at radius 2 is 1.64 bits per heavy atom. The summed E-state index contributed by atoms with van der Waals surface area (Å²) in [4.78, 5) is 64.7. The van der Waals surface area contributed by atoms with Crippen LogP contribution in [0, 0.1) is 25.2 Å². The number of aliphatic hydroxyl groups is 1. The van der Waals surface area contributed by atoms with Gasteiger partial charge >= 0.3 is 0 Å². The molecule has 3 saturated heterocycles. The zero-order valence-corrected chi connectivity index (χ0v) is 47.7. The molecule has 0 unspecified atom stereocenters. The topological polar surface area (TPSA) is 221 Å². The number of β-amino-alcohol motifs (C(OH)–C–C–N with tert-alkyl or cyclic N) is 1. The number of thiazole rings is 1. The van der Waals surface area contributed by atoms with Gasteiger partial charge in [0.1, 0.15) is 22.9 Å². The van der Waals surface area contributed by atoms with Gasteiger partial charge in [-0.25, -0.2) is 18.4 Å². The lowest BCUT2D eigenvalue weighted by Gasteiger charge is -2.40. The van der Waals surface area contributed by atoms with Crippen molar-refractivity contribution in [3.63, 3.8) is 0 Å². The van der Waals surface area contributed by atoms with Crippen LogP contribution in [-0.2, 0) is 24.4 Å². The van der Waals surface area contributed by atoms with Crippen molar-refractivity contribution in [3.05, 3.63) is 88.7 Å². The zero-order valence-electron chi connectivity index (χ0n) is 45.3. The maximum Gasteiger partial charge on any atom is 0.261 e. The summed E-state index contributed by atoms with van der Waals surface area (Å²) in [5, 5.41) is 22.1. The van der Waals surface area contributed by atoms with Crippen LogP contribution in [0.2, 0.25) is 5.02 Å². The molecule has 3 aliphatic rings. The lowest BCUT2D eigenvalue weighted by molar-refractivity contribution is -0.144. The second-order valence-electron chi connectivity index (χ2n) is 21.3. The van der Waals surface area contributed by atoms with Crippen molar-refractivity contribution in [3.8, 4) is 16.2 Å². The number of hydrogen-bond donors (Lipinski definition) is 5. The third-order valence-electron chi connectivity index (χ3n) is 14.6. The number of anilines is 7. The van der Waals surface area contributed by atoms with Crippen LogP contribution in [0.3, 0.4) is 0 Å². The number of hydrogen-bond acceptors (Lipinski definition) is 17. The Morgan fingerprint density at radius 3 is 2.29 bits per heavy atom. The van der Waals surface area contributed by atoms with E-state index in [4.69, 9.17) is 16.3 Å². The monoisotopic (exact) mass is 1110 g/mol. The minimum absolute atomic E-state index is 0.00768. The van der Waals surface area contributed by atoms with E-state index in [9.17, 15) is 27.9 Å². The van der Waals surface area contributed by atoms with E-state index in [1.807, 2.05) is 69.6 Å². The van der Waals surface area contributed by atoms with Crippen LogP contribution in [0.15, 0.2) is 72.4 Å². The van der Waals surface area contributed by atoms with Gasteiger partial charge in [-0.3, -0.25) is 38.9 Å². The molecular formula is C54H72ClN13O7S2. The highest BCUT2D eigenvalue weighted by atomic mass is 35.5. The van der Waals surface area contributed by atoms with Crippen LogP contribution in [0.25, 0.3) is 10.4 Å². The molecule has 20 nitrogen and oxygen atoms in total. The first-order valence-electron chi connectivity index (χ1n) is 25.9. The number of nitrogens with zero attached hydrogens (tertiary/aromatic N) is 9. The summed E-state index contributed by atoms with van der Waals surface area (Å²) in [6.45, 7) is 15.9.